The molecular formula is C10H13N2O5PS2. The van der Waals surface area contributed by atoms with Crippen molar-refractivity contribution in [1.29, 1.82) is 0 Å². The molecule has 1 aliphatic rings. The molecule has 1 atom stereocenters. The highest BCUT2D eigenvalue weighted by Gasteiger charge is 2.36. The maximum Gasteiger partial charge on any atom is 0.269 e. The van der Waals surface area contributed by atoms with Crippen LogP contribution in [0.25, 0.3) is 0 Å². The topological polar surface area (TPSA) is 89.8 Å². The molecule has 110 valence electrons. The lowest BCUT2D eigenvalue weighted by Gasteiger charge is -2.34. The summed E-state index contributed by atoms with van der Waals surface area (Å²) in [5, 5.41) is 10.6. The second-order valence-corrected chi connectivity index (χ2v) is 10.8. The predicted molar refractivity (Wildman–Crippen MR) is 77.8 cm³/mol. The van der Waals surface area contributed by atoms with Crippen molar-refractivity contribution in [2.45, 2.75) is 11.3 Å². The van der Waals surface area contributed by atoms with Gasteiger partial charge in [0.2, 0.25) is 10.0 Å². The molecule has 10 heteroatoms. The van der Waals surface area contributed by atoms with Crippen LogP contribution in [-0.4, -0.2) is 37.2 Å². The van der Waals surface area contributed by atoms with Crippen molar-refractivity contribution >= 4 is 33.9 Å². The van der Waals surface area contributed by atoms with Gasteiger partial charge >= 0.3 is 0 Å². The quantitative estimate of drug-likeness (QED) is 0.476. The summed E-state index contributed by atoms with van der Waals surface area (Å²) in [5.74, 6) is 0. The van der Waals surface area contributed by atoms with Crippen molar-refractivity contribution in [1.82, 2.24) is 4.08 Å². The van der Waals surface area contributed by atoms with Crippen molar-refractivity contribution in [2.75, 3.05) is 19.8 Å². The lowest BCUT2D eigenvalue weighted by atomic mass is 10.3. The second kappa shape index (κ2) is 5.50. The zero-order valence-electron chi connectivity index (χ0n) is 10.6. The first-order valence-electron chi connectivity index (χ1n) is 5.75. The fraction of sp³-hybridized carbons (Fsp3) is 0.400. The molecule has 0 radical (unpaired) electrons. The molecule has 0 aromatic heterocycles. The van der Waals surface area contributed by atoms with Gasteiger partial charge in [-0.25, -0.2) is 8.42 Å². The number of non-ortho nitro benzene ring substituents is 1. The molecule has 1 fully saturated rings. The molecule has 7 nitrogen and oxygen atoms in total. The first kappa shape index (κ1) is 15.5. The number of nitro groups is 1. The highest BCUT2D eigenvalue weighted by molar-refractivity contribution is 8.15. The molecule has 1 aromatic carbocycles. The van der Waals surface area contributed by atoms with Gasteiger partial charge in [0.1, 0.15) is 6.42 Å². The number of nitrogens with zero attached hydrogens (tertiary/aromatic N) is 2. The number of nitro benzene ring substituents is 1. The minimum absolute atomic E-state index is 0.00956. The van der Waals surface area contributed by atoms with E-state index in [1.807, 2.05) is 0 Å². The summed E-state index contributed by atoms with van der Waals surface area (Å²) < 4.78 is 31.7. The first-order chi connectivity index (χ1) is 9.25. The summed E-state index contributed by atoms with van der Waals surface area (Å²) in [6.07, 6.45) is -1.99. The minimum Gasteiger partial charge on any atom is -0.337 e. The molecule has 1 unspecified atom stereocenters. The molecule has 0 aliphatic carbocycles. The highest BCUT2D eigenvalue weighted by Crippen LogP contribution is 2.52. The molecule has 1 aliphatic heterocycles. The van der Waals surface area contributed by atoms with Gasteiger partial charge in [-0.1, -0.05) is 0 Å². The zero-order valence-corrected chi connectivity index (χ0v) is 13.2. The van der Waals surface area contributed by atoms with Gasteiger partial charge in [0, 0.05) is 25.3 Å². The van der Waals surface area contributed by atoms with Crippen LogP contribution in [0.5, 0.6) is 0 Å². The van der Waals surface area contributed by atoms with E-state index >= 15 is 0 Å². The van der Waals surface area contributed by atoms with Crippen molar-refractivity contribution in [3.8, 4) is 0 Å². The monoisotopic (exact) mass is 336 g/mol. The van der Waals surface area contributed by atoms with E-state index in [0.717, 1.165) is 12.1 Å². The molecule has 0 saturated carbocycles. The van der Waals surface area contributed by atoms with Gasteiger partial charge in [0.05, 0.1) is 16.4 Å². The minimum atomic E-state index is -3.78. The lowest BCUT2D eigenvalue weighted by Crippen LogP contribution is -2.33. The summed E-state index contributed by atoms with van der Waals surface area (Å²) in [5.41, 5.74) is -0.158. The summed E-state index contributed by atoms with van der Waals surface area (Å²) >= 11 is 5.26. The van der Waals surface area contributed by atoms with E-state index in [1.54, 1.807) is 6.66 Å². The lowest BCUT2D eigenvalue weighted by molar-refractivity contribution is -0.384. The standard InChI is InChI=1S/C10H13N2O5PS2/c1-18(19)11(7-2-8-17-18)20(15,16)10-5-3-9(4-6-10)12(13)14/h3-6H,2,7-8H2,1H3. The van der Waals surface area contributed by atoms with Gasteiger partial charge < -0.3 is 4.52 Å². The van der Waals surface area contributed by atoms with Crippen LogP contribution in [-0.2, 0) is 26.4 Å². The third-order valence-electron chi connectivity index (χ3n) is 2.85. The molecule has 0 amide bonds. The third-order valence-corrected chi connectivity index (χ3v) is 8.93. The maximum absolute atomic E-state index is 12.5. The Morgan fingerprint density at radius 3 is 2.50 bits per heavy atom. The highest BCUT2D eigenvalue weighted by atomic mass is 32.5. The Bertz CT molecular complexity index is 673. The first-order valence-corrected chi connectivity index (χ1v) is 10.3. The normalized spacial score (nSPS) is 24.4. The van der Waals surface area contributed by atoms with E-state index in [4.69, 9.17) is 16.3 Å². The van der Waals surface area contributed by atoms with E-state index in [1.165, 1.54) is 16.2 Å². The molecule has 2 rings (SSSR count). The van der Waals surface area contributed by atoms with E-state index in [2.05, 4.69) is 0 Å². The maximum atomic E-state index is 12.5. The van der Waals surface area contributed by atoms with Crippen LogP contribution in [0.2, 0.25) is 0 Å². The van der Waals surface area contributed by atoms with Crippen LogP contribution < -0.4 is 0 Å². The van der Waals surface area contributed by atoms with Crippen molar-refractivity contribution in [3.05, 3.63) is 34.4 Å². The SMILES string of the molecule is CP1(=S)OCCCN1S(=O)(=O)c1ccc([N+](=O)[O-])cc1. The number of rotatable bonds is 3. The zero-order chi connectivity index (χ0) is 15.0. The van der Waals surface area contributed by atoms with Gasteiger partial charge in [-0.15, -0.1) is 4.08 Å². The van der Waals surface area contributed by atoms with E-state index < -0.39 is 21.4 Å². The van der Waals surface area contributed by atoms with Crippen LogP contribution >= 0.6 is 6.42 Å². The molecule has 20 heavy (non-hydrogen) atoms. The molecule has 1 heterocycles. The fourth-order valence-corrected chi connectivity index (χ4v) is 7.30. The summed E-state index contributed by atoms with van der Waals surface area (Å²) in [7, 11) is -3.78. The van der Waals surface area contributed by atoms with Crippen molar-refractivity contribution in [3.63, 3.8) is 0 Å². The molecule has 0 N–H and O–H groups in total. The van der Waals surface area contributed by atoms with Crippen LogP contribution in [0.15, 0.2) is 29.2 Å². The fourth-order valence-electron chi connectivity index (χ4n) is 1.86. The van der Waals surface area contributed by atoms with Gasteiger partial charge in [0.15, 0.2) is 0 Å². The van der Waals surface area contributed by atoms with Crippen molar-refractivity contribution in [2.24, 2.45) is 0 Å². The Hall–Kier alpha value is -0.860. The Morgan fingerprint density at radius 1 is 1.40 bits per heavy atom. The van der Waals surface area contributed by atoms with Gasteiger partial charge in [-0.2, -0.15) is 0 Å². The molecule has 0 bridgehead atoms. The summed E-state index contributed by atoms with van der Waals surface area (Å²) in [6, 6.07) is 4.77. The average molecular weight is 336 g/mol. The number of hydrogen-bond acceptors (Lipinski definition) is 6. The van der Waals surface area contributed by atoms with Gasteiger partial charge in [0.25, 0.3) is 5.69 Å². The van der Waals surface area contributed by atoms with E-state index in [-0.39, 0.29) is 10.6 Å². The smallest absolute Gasteiger partial charge is 0.269 e. The summed E-state index contributed by atoms with van der Waals surface area (Å²) in [6.45, 7) is 2.39. The molecule has 0 spiro atoms. The third kappa shape index (κ3) is 2.91. The Kier molecular flexibility index (Phi) is 4.27. The predicted octanol–water partition coefficient (Wildman–Crippen LogP) is 1.95. The number of benzene rings is 1. The average Bonchev–Trinajstić information content (AvgIpc) is 2.38. The summed E-state index contributed by atoms with van der Waals surface area (Å²) in [4.78, 5) is 9.99. The second-order valence-electron chi connectivity index (χ2n) is 4.29. The van der Waals surface area contributed by atoms with E-state index in [0.29, 0.717) is 19.6 Å². The van der Waals surface area contributed by atoms with Crippen LogP contribution in [0, 0.1) is 10.1 Å². The van der Waals surface area contributed by atoms with Gasteiger partial charge in [-0.05, 0) is 30.4 Å². The molecule has 1 saturated heterocycles. The molecule has 1 aromatic rings. The van der Waals surface area contributed by atoms with Crippen LogP contribution in [0.3, 0.4) is 0 Å². The Balaban J connectivity index is 2.39. The number of sulfonamides is 1. The largest absolute Gasteiger partial charge is 0.337 e. The van der Waals surface area contributed by atoms with Gasteiger partial charge in [-0.3, -0.25) is 10.1 Å². The number of hydrogen-bond donors (Lipinski definition) is 0. The van der Waals surface area contributed by atoms with Crippen LogP contribution in [0.1, 0.15) is 6.42 Å². The van der Waals surface area contributed by atoms with E-state index in [9.17, 15) is 18.5 Å². The molecular weight excluding hydrogens is 323 g/mol. The van der Waals surface area contributed by atoms with Crippen molar-refractivity contribution < 1.29 is 17.9 Å². The Morgan fingerprint density at radius 2 is 2.00 bits per heavy atom. The Labute approximate surface area is 121 Å². The van der Waals surface area contributed by atoms with Crippen LogP contribution in [0.4, 0.5) is 5.69 Å².